The Bertz CT molecular complexity index is 688. The van der Waals surface area contributed by atoms with Crippen LogP contribution in [-0.4, -0.2) is 87.0 Å². The topological polar surface area (TPSA) is 107 Å². The van der Waals surface area contributed by atoms with Crippen LogP contribution in [0.1, 0.15) is 59.3 Å². The first-order chi connectivity index (χ1) is 13.6. The Labute approximate surface area is 170 Å². The average Bonchev–Trinajstić information content (AvgIpc) is 3.38. The van der Waals surface area contributed by atoms with Crippen LogP contribution in [0.15, 0.2) is 0 Å². The normalized spacial score (nSPS) is 27.4. The second kappa shape index (κ2) is 8.20. The van der Waals surface area contributed by atoms with Gasteiger partial charge in [-0.05, 0) is 59.3 Å². The highest BCUT2D eigenvalue weighted by atomic mass is 16.6. The van der Waals surface area contributed by atoms with Crippen LogP contribution in [0.3, 0.4) is 0 Å². The second-order valence-corrected chi connectivity index (χ2v) is 9.05. The van der Waals surface area contributed by atoms with Gasteiger partial charge >= 0.3 is 12.1 Å². The Kier molecular flexibility index (Phi) is 6.05. The molecule has 3 atom stereocenters. The summed E-state index contributed by atoms with van der Waals surface area (Å²) in [6.45, 7) is 6.64. The van der Waals surface area contributed by atoms with Crippen molar-refractivity contribution in [2.24, 2.45) is 0 Å². The SMILES string of the molecule is CC(C)(C)OC(=O)N1CCC[C@@H]1C(=O)N1CCC[C@@H]1C(=O)N1CCC[C@H]1C(=O)O. The number of carbonyl (C=O) groups excluding carboxylic acids is 3. The summed E-state index contributed by atoms with van der Waals surface area (Å²) in [6, 6.07) is -2.10. The largest absolute Gasteiger partial charge is 0.480 e. The monoisotopic (exact) mass is 409 g/mol. The number of hydrogen-bond donors (Lipinski definition) is 1. The zero-order chi connectivity index (χ0) is 21.3. The summed E-state index contributed by atoms with van der Waals surface area (Å²) in [5.41, 5.74) is -0.652. The Morgan fingerprint density at radius 3 is 1.66 bits per heavy atom. The van der Waals surface area contributed by atoms with Crippen molar-refractivity contribution >= 4 is 23.9 Å². The van der Waals surface area contributed by atoms with E-state index >= 15 is 0 Å². The quantitative estimate of drug-likeness (QED) is 0.756. The molecule has 0 aromatic heterocycles. The highest BCUT2D eigenvalue weighted by Gasteiger charge is 2.46. The third kappa shape index (κ3) is 4.48. The van der Waals surface area contributed by atoms with Crippen LogP contribution in [0, 0.1) is 0 Å². The van der Waals surface area contributed by atoms with Gasteiger partial charge in [-0.3, -0.25) is 14.5 Å². The molecule has 3 saturated heterocycles. The number of hydrogen-bond acceptors (Lipinski definition) is 5. The van der Waals surface area contributed by atoms with Crippen molar-refractivity contribution in [2.75, 3.05) is 19.6 Å². The number of carboxylic acids is 1. The molecule has 3 fully saturated rings. The zero-order valence-electron chi connectivity index (χ0n) is 17.4. The lowest BCUT2D eigenvalue weighted by Crippen LogP contribution is -2.55. The van der Waals surface area contributed by atoms with Crippen molar-refractivity contribution < 1.29 is 29.0 Å². The molecule has 3 aliphatic rings. The molecule has 0 aliphatic carbocycles. The van der Waals surface area contributed by atoms with Gasteiger partial charge in [0.2, 0.25) is 11.8 Å². The number of carboxylic acid groups (broad SMARTS) is 1. The summed E-state index contributed by atoms with van der Waals surface area (Å²) < 4.78 is 5.44. The molecule has 1 N–H and O–H groups in total. The second-order valence-electron chi connectivity index (χ2n) is 9.05. The maximum atomic E-state index is 13.3. The molecular formula is C20H31N3O6. The fraction of sp³-hybridized carbons (Fsp3) is 0.800. The minimum Gasteiger partial charge on any atom is -0.480 e. The number of carbonyl (C=O) groups is 4. The molecule has 0 spiro atoms. The van der Waals surface area contributed by atoms with Crippen molar-refractivity contribution in [3.63, 3.8) is 0 Å². The minimum absolute atomic E-state index is 0.240. The first-order valence-corrected chi connectivity index (χ1v) is 10.4. The molecule has 0 radical (unpaired) electrons. The van der Waals surface area contributed by atoms with Gasteiger partial charge in [-0.25, -0.2) is 9.59 Å². The van der Waals surface area contributed by atoms with Crippen LogP contribution < -0.4 is 0 Å². The molecule has 9 nitrogen and oxygen atoms in total. The predicted molar refractivity (Wildman–Crippen MR) is 103 cm³/mol. The van der Waals surface area contributed by atoms with E-state index in [2.05, 4.69) is 0 Å². The Morgan fingerprint density at radius 1 is 0.759 bits per heavy atom. The fourth-order valence-electron chi connectivity index (χ4n) is 4.52. The Morgan fingerprint density at radius 2 is 1.17 bits per heavy atom. The van der Waals surface area contributed by atoms with Gasteiger partial charge in [-0.15, -0.1) is 0 Å². The summed E-state index contributed by atoms with van der Waals surface area (Å²) in [5.74, 6) is -1.53. The number of aliphatic carboxylic acids is 1. The van der Waals surface area contributed by atoms with Gasteiger partial charge in [-0.1, -0.05) is 0 Å². The molecule has 0 aromatic carbocycles. The summed E-state index contributed by atoms with van der Waals surface area (Å²) in [4.78, 5) is 54.7. The van der Waals surface area contributed by atoms with E-state index in [4.69, 9.17) is 4.74 Å². The summed E-state index contributed by atoms with van der Waals surface area (Å²) >= 11 is 0. The van der Waals surface area contributed by atoms with E-state index in [1.165, 1.54) is 9.80 Å². The molecule has 3 amide bonds. The molecule has 0 saturated carbocycles. The smallest absolute Gasteiger partial charge is 0.410 e. The van der Waals surface area contributed by atoms with Gasteiger partial charge in [0.1, 0.15) is 23.7 Å². The lowest BCUT2D eigenvalue weighted by atomic mass is 10.1. The first kappa shape index (κ1) is 21.4. The van der Waals surface area contributed by atoms with Gasteiger partial charge in [-0.2, -0.15) is 0 Å². The number of nitrogens with zero attached hydrogens (tertiary/aromatic N) is 3. The van der Waals surface area contributed by atoms with Crippen molar-refractivity contribution in [3.05, 3.63) is 0 Å². The van der Waals surface area contributed by atoms with Crippen molar-refractivity contribution in [2.45, 2.75) is 83.0 Å². The summed E-state index contributed by atoms with van der Waals surface area (Å²) in [6.07, 6.45) is 3.03. The fourth-order valence-corrected chi connectivity index (χ4v) is 4.52. The molecule has 9 heteroatoms. The molecular weight excluding hydrogens is 378 g/mol. The van der Waals surface area contributed by atoms with Crippen LogP contribution >= 0.6 is 0 Å². The van der Waals surface area contributed by atoms with E-state index in [9.17, 15) is 24.3 Å². The molecule has 3 heterocycles. The molecule has 0 aromatic rings. The highest BCUT2D eigenvalue weighted by Crippen LogP contribution is 2.29. The molecule has 29 heavy (non-hydrogen) atoms. The maximum absolute atomic E-state index is 13.3. The number of ether oxygens (including phenoxy) is 1. The van der Waals surface area contributed by atoms with Gasteiger partial charge in [0.15, 0.2) is 0 Å². The number of amides is 3. The van der Waals surface area contributed by atoms with Crippen LogP contribution in [0.25, 0.3) is 0 Å². The molecule has 162 valence electrons. The maximum Gasteiger partial charge on any atom is 0.410 e. The molecule has 3 rings (SSSR count). The van der Waals surface area contributed by atoms with Crippen LogP contribution in [0.5, 0.6) is 0 Å². The van der Waals surface area contributed by atoms with Gasteiger partial charge in [0.25, 0.3) is 0 Å². The van der Waals surface area contributed by atoms with Gasteiger partial charge < -0.3 is 19.6 Å². The highest BCUT2D eigenvalue weighted by molar-refractivity contribution is 5.93. The van der Waals surface area contributed by atoms with E-state index in [0.717, 1.165) is 0 Å². The van der Waals surface area contributed by atoms with Crippen molar-refractivity contribution in [1.82, 2.24) is 14.7 Å². The molecule has 0 bridgehead atoms. The zero-order valence-corrected chi connectivity index (χ0v) is 17.4. The predicted octanol–water partition coefficient (Wildman–Crippen LogP) is 1.45. The van der Waals surface area contributed by atoms with E-state index in [-0.39, 0.29) is 11.8 Å². The lowest BCUT2D eigenvalue weighted by molar-refractivity contribution is -0.152. The van der Waals surface area contributed by atoms with Crippen LogP contribution in [0.4, 0.5) is 4.79 Å². The standard InChI is InChI=1S/C20H31N3O6/c1-20(2,3)29-19(28)23-12-5-8-14(23)17(25)21-10-4-7-13(21)16(24)22-11-6-9-15(22)18(26)27/h13-15H,4-12H2,1-3H3,(H,26,27)/t13-,14-,15+/m1/s1. The number of likely N-dealkylation sites (tertiary alicyclic amines) is 3. The Hall–Kier alpha value is -2.32. The number of rotatable bonds is 3. The van der Waals surface area contributed by atoms with E-state index in [0.29, 0.717) is 58.2 Å². The summed E-state index contributed by atoms with van der Waals surface area (Å²) in [5, 5.41) is 9.38. The first-order valence-electron chi connectivity index (χ1n) is 10.4. The molecule has 3 aliphatic heterocycles. The van der Waals surface area contributed by atoms with Gasteiger partial charge in [0.05, 0.1) is 0 Å². The van der Waals surface area contributed by atoms with E-state index in [1.54, 1.807) is 25.7 Å². The average molecular weight is 409 g/mol. The third-order valence-corrected chi connectivity index (χ3v) is 5.81. The van der Waals surface area contributed by atoms with E-state index in [1.807, 2.05) is 0 Å². The Balaban J connectivity index is 1.71. The van der Waals surface area contributed by atoms with Crippen LogP contribution in [-0.2, 0) is 19.1 Å². The third-order valence-electron chi connectivity index (χ3n) is 5.81. The summed E-state index contributed by atoms with van der Waals surface area (Å²) in [7, 11) is 0. The van der Waals surface area contributed by atoms with Gasteiger partial charge in [0, 0.05) is 19.6 Å². The van der Waals surface area contributed by atoms with Crippen LogP contribution in [0.2, 0.25) is 0 Å². The molecule has 0 unspecified atom stereocenters. The minimum atomic E-state index is -1.00. The van der Waals surface area contributed by atoms with Crippen molar-refractivity contribution in [1.29, 1.82) is 0 Å². The van der Waals surface area contributed by atoms with Crippen molar-refractivity contribution in [3.8, 4) is 0 Å². The lowest BCUT2D eigenvalue weighted by Gasteiger charge is -2.34. The van der Waals surface area contributed by atoms with E-state index < -0.39 is 35.8 Å².